The van der Waals surface area contributed by atoms with Crippen LogP contribution in [0.5, 0.6) is 0 Å². The number of hydrogen-bond donors (Lipinski definition) is 0. The van der Waals surface area contributed by atoms with E-state index in [1.807, 2.05) is 84.9 Å². The second-order valence-electron chi connectivity index (χ2n) is 7.46. The zero-order valence-electron chi connectivity index (χ0n) is 16.5. The third-order valence-corrected chi connectivity index (χ3v) is 6.07. The molecule has 3 unspecified atom stereocenters. The van der Waals surface area contributed by atoms with Gasteiger partial charge in [0.25, 0.3) is 5.91 Å². The number of halogens is 1. The molecular weight excluding hydrogens is 456 g/mol. The van der Waals surface area contributed by atoms with Gasteiger partial charge in [-0.1, -0.05) is 76.6 Å². The minimum absolute atomic E-state index is 0.251. The number of anilines is 2. The monoisotopic (exact) mass is 474 g/mol. The van der Waals surface area contributed by atoms with Crippen molar-refractivity contribution in [3.05, 3.63) is 101 Å². The Bertz CT molecular complexity index is 1130. The number of amides is 2. The minimum atomic E-state index is -0.859. The number of imide groups is 1. The van der Waals surface area contributed by atoms with Gasteiger partial charge in [0, 0.05) is 4.47 Å². The molecule has 3 aromatic rings. The number of para-hydroxylation sites is 1. The van der Waals surface area contributed by atoms with E-state index in [4.69, 9.17) is 4.84 Å². The second kappa shape index (κ2) is 8.13. The van der Waals surface area contributed by atoms with E-state index in [-0.39, 0.29) is 11.8 Å². The Labute approximate surface area is 188 Å². The van der Waals surface area contributed by atoms with Crippen molar-refractivity contribution in [1.82, 2.24) is 0 Å². The van der Waals surface area contributed by atoms with Crippen LogP contribution < -0.4 is 9.96 Å². The smallest absolute Gasteiger partial charge is 0.266 e. The molecule has 2 fully saturated rings. The van der Waals surface area contributed by atoms with Gasteiger partial charge in [0.2, 0.25) is 5.91 Å². The number of rotatable bonds is 4. The van der Waals surface area contributed by atoms with Crippen molar-refractivity contribution in [2.45, 2.75) is 12.1 Å². The van der Waals surface area contributed by atoms with Gasteiger partial charge in [-0.25, -0.2) is 9.96 Å². The Morgan fingerprint density at radius 2 is 1.42 bits per heavy atom. The van der Waals surface area contributed by atoms with Gasteiger partial charge in [0.1, 0.15) is 5.92 Å². The van der Waals surface area contributed by atoms with Gasteiger partial charge < -0.3 is 0 Å². The van der Waals surface area contributed by atoms with Gasteiger partial charge >= 0.3 is 0 Å². The summed E-state index contributed by atoms with van der Waals surface area (Å²) in [6.45, 7) is 0. The fourth-order valence-electron chi connectivity index (χ4n) is 4.07. The van der Waals surface area contributed by atoms with Gasteiger partial charge in [0.05, 0.1) is 17.4 Å². The Hall–Kier alpha value is -3.22. The van der Waals surface area contributed by atoms with Crippen LogP contribution in [0.4, 0.5) is 11.4 Å². The minimum Gasteiger partial charge on any atom is -0.273 e. The Morgan fingerprint density at radius 3 is 2.10 bits per heavy atom. The molecule has 0 spiro atoms. The van der Waals surface area contributed by atoms with Crippen molar-refractivity contribution < 1.29 is 14.4 Å². The zero-order chi connectivity index (χ0) is 21.4. The average molecular weight is 475 g/mol. The van der Waals surface area contributed by atoms with E-state index in [1.54, 1.807) is 17.2 Å². The molecule has 3 atom stereocenters. The van der Waals surface area contributed by atoms with E-state index in [1.165, 1.54) is 4.90 Å². The summed E-state index contributed by atoms with van der Waals surface area (Å²) in [5, 5.41) is 1.68. The first-order chi connectivity index (χ1) is 15.1. The van der Waals surface area contributed by atoms with Gasteiger partial charge in [0.15, 0.2) is 6.10 Å². The Balaban J connectivity index is 1.52. The highest BCUT2D eigenvalue weighted by molar-refractivity contribution is 9.10. The first kappa shape index (κ1) is 19.7. The summed E-state index contributed by atoms with van der Waals surface area (Å²) in [6.07, 6.45) is 3.05. The maximum absolute atomic E-state index is 13.4. The maximum atomic E-state index is 13.4. The second-order valence-corrected chi connectivity index (χ2v) is 8.38. The highest BCUT2D eigenvalue weighted by atomic mass is 79.9. The number of nitrogens with zero attached hydrogens (tertiary/aromatic N) is 2. The van der Waals surface area contributed by atoms with E-state index in [9.17, 15) is 9.59 Å². The molecule has 0 radical (unpaired) electrons. The quantitative estimate of drug-likeness (QED) is 0.507. The van der Waals surface area contributed by atoms with Crippen LogP contribution in [0.3, 0.4) is 0 Å². The summed E-state index contributed by atoms with van der Waals surface area (Å²) in [4.78, 5) is 34.0. The lowest BCUT2D eigenvalue weighted by molar-refractivity contribution is -0.126. The molecule has 5 rings (SSSR count). The van der Waals surface area contributed by atoms with Gasteiger partial charge in [-0.3, -0.25) is 14.4 Å². The predicted octanol–water partition coefficient (Wildman–Crippen LogP) is 4.84. The summed E-state index contributed by atoms with van der Waals surface area (Å²) in [5.41, 5.74) is 2.36. The zero-order valence-corrected chi connectivity index (χ0v) is 18.1. The van der Waals surface area contributed by atoms with Crippen LogP contribution in [0.15, 0.2) is 95.5 Å². The number of carbonyl (C=O) groups excluding carboxylic acids is 2. The van der Waals surface area contributed by atoms with Crippen LogP contribution in [0.25, 0.3) is 6.08 Å². The number of hydroxylamine groups is 1. The number of benzene rings is 3. The van der Waals surface area contributed by atoms with E-state index >= 15 is 0 Å². The van der Waals surface area contributed by atoms with Crippen LogP contribution in [0, 0.1) is 5.92 Å². The molecule has 0 aliphatic carbocycles. The van der Waals surface area contributed by atoms with Crippen molar-refractivity contribution in [2.24, 2.45) is 5.92 Å². The van der Waals surface area contributed by atoms with Crippen molar-refractivity contribution >= 4 is 45.2 Å². The molecule has 0 aromatic heterocycles. The predicted molar refractivity (Wildman–Crippen MR) is 123 cm³/mol. The van der Waals surface area contributed by atoms with E-state index < -0.39 is 18.1 Å². The number of carbonyl (C=O) groups is 2. The molecule has 154 valence electrons. The normalized spacial score (nSPS) is 23.1. The molecular formula is C25H19BrN2O3. The molecule has 2 amide bonds. The summed E-state index contributed by atoms with van der Waals surface area (Å²) in [5.74, 6) is -1.22. The topological polar surface area (TPSA) is 49.9 Å². The first-order valence-electron chi connectivity index (χ1n) is 10.0. The fourth-order valence-corrected chi connectivity index (χ4v) is 4.33. The number of hydrogen-bond acceptors (Lipinski definition) is 4. The standard InChI is InChI=1S/C25H19BrN2O3/c26-18-12-14-19(15-13-18)27-24(29)22-21(16-11-17-7-3-1-4-8-17)28(31-23(22)25(27)30)20-9-5-2-6-10-20/h1-16,21-23H/b16-11+. The summed E-state index contributed by atoms with van der Waals surface area (Å²) in [7, 11) is 0. The van der Waals surface area contributed by atoms with Crippen molar-refractivity contribution in [3.8, 4) is 0 Å². The van der Waals surface area contributed by atoms with Gasteiger partial charge in [-0.2, -0.15) is 0 Å². The van der Waals surface area contributed by atoms with Gasteiger partial charge in [-0.05, 0) is 42.0 Å². The van der Waals surface area contributed by atoms with Crippen molar-refractivity contribution in [3.63, 3.8) is 0 Å². The highest BCUT2D eigenvalue weighted by Gasteiger charge is 2.59. The van der Waals surface area contributed by atoms with Crippen LogP contribution in [0.2, 0.25) is 0 Å². The molecule has 2 saturated heterocycles. The molecule has 0 bridgehead atoms. The van der Waals surface area contributed by atoms with Crippen LogP contribution in [0.1, 0.15) is 5.56 Å². The molecule has 3 aromatic carbocycles. The van der Waals surface area contributed by atoms with E-state index in [2.05, 4.69) is 15.9 Å². The van der Waals surface area contributed by atoms with Crippen molar-refractivity contribution in [1.29, 1.82) is 0 Å². The maximum Gasteiger partial charge on any atom is 0.266 e. The third-order valence-electron chi connectivity index (χ3n) is 5.54. The lowest BCUT2D eigenvalue weighted by Gasteiger charge is -2.26. The molecule has 0 saturated carbocycles. The summed E-state index contributed by atoms with van der Waals surface area (Å²) in [6, 6.07) is 26.1. The van der Waals surface area contributed by atoms with E-state index in [0.717, 1.165) is 15.7 Å². The molecule has 0 N–H and O–H groups in total. The lowest BCUT2D eigenvalue weighted by Crippen LogP contribution is -2.39. The molecule has 31 heavy (non-hydrogen) atoms. The first-order valence-corrected chi connectivity index (χ1v) is 10.8. The van der Waals surface area contributed by atoms with E-state index in [0.29, 0.717) is 5.69 Å². The third kappa shape index (κ3) is 3.58. The summed E-state index contributed by atoms with van der Waals surface area (Å²) < 4.78 is 0.880. The van der Waals surface area contributed by atoms with Crippen LogP contribution in [-0.4, -0.2) is 24.0 Å². The molecule has 2 heterocycles. The molecule has 6 heteroatoms. The Kier molecular flexibility index (Phi) is 5.18. The van der Waals surface area contributed by atoms with Crippen LogP contribution >= 0.6 is 15.9 Å². The highest BCUT2D eigenvalue weighted by Crippen LogP contribution is 2.41. The fraction of sp³-hybridized carbons (Fsp3) is 0.120. The number of fused-ring (bicyclic) bond motifs is 1. The average Bonchev–Trinajstić information content (AvgIpc) is 3.30. The van der Waals surface area contributed by atoms with Gasteiger partial charge in [-0.15, -0.1) is 0 Å². The summed E-state index contributed by atoms with van der Waals surface area (Å²) >= 11 is 3.39. The largest absolute Gasteiger partial charge is 0.273 e. The Morgan fingerprint density at radius 1 is 0.774 bits per heavy atom. The SMILES string of the molecule is O=C1C2ON(c3ccccc3)C(/C=C/c3ccccc3)C2C(=O)N1c1ccc(Br)cc1. The molecule has 2 aliphatic rings. The molecule has 2 aliphatic heterocycles. The molecule has 5 nitrogen and oxygen atoms in total. The lowest BCUT2D eigenvalue weighted by atomic mass is 9.95. The van der Waals surface area contributed by atoms with Crippen molar-refractivity contribution in [2.75, 3.05) is 9.96 Å². The van der Waals surface area contributed by atoms with Crippen LogP contribution in [-0.2, 0) is 14.4 Å².